The number of anilines is 2. The fourth-order valence-electron chi connectivity index (χ4n) is 4.67. The average Bonchev–Trinajstić information content (AvgIpc) is 2.84. The summed E-state index contributed by atoms with van der Waals surface area (Å²) in [5, 5.41) is 3.05. The summed E-state index contributed by atoms with van der Waals surface area (Å²) >= 11 is 0. The third-order valence-corrected chi connectivity index (χ3v) is 6.60. The predicted molar refractivity (Wildman–Crippen MR) is 125 cm³/mol. The Morgan fingerprint density at radius 3 is 2.52 bits per heavy atom. The highest BCUT2D eigenvalue weighted by Crippen LogP contribution is 2.29. The van der Waals surface area contributed by atoms with Crippen molar-refractivity contribution in [3.05, 3.63) is 48.2 Å². The van der Waals surface area contributed by atoms with Gasteiger partial charge in [0.1, 0.15) is 5.75 Å². The smallest absolute Gasteiger partial charge is 0.255 e. The van der Waals surface area contributed by atoms with Crippen molar-refractivity contribution in [1.29, 1.82) is 0 Å². The van der Waals surface area contributed by atoms with E-state index in [4.69, 9.17) is 4.74 Å². The summed E-state index contributed by atoms with van der Waals surface area (Å²) in [6.07, 6.45) is 9.62. The van der Waals surface area contributed by atoms with Crippen LogP contribution in [0.3, 0.4) is 0 Å². The molecule has 1 aromatic heterocycles. The Morgan fingerprint density at radius 1 is 1.06 bits per heavy atom. The van der Waals surface area contributed by atoms with Crippen LogP contribution >= 0.6 is 0 Å². The first-order valence-electron chi connectivity index (χ1n) is 11.6. The van der Waals surface area contributed by atoms with Crippen LogP contribution in [0.1, 0.15) is 48.9 Å². The van der Waals surface area contributed by atoms with Crippen LogP contribution in [-0.2, 0) is 0 Å². The molecule has 2 aromatic rings. The SMILES string of the molecule is COc1ccc(C(=O)Nc2cccnc2N2CCC(CCN3CCCCC3)CC2)cc1. The average molecular weight is 423 g/mol. The second-order valence-corrected chi connectivity index (χ2v) is 8.68. The number of methoxy groups -OCH3 is 1. The van der Waals surface area contributed by atoms with Crippen molar-refractivity contribution in [2.75, 3.05) is 50.1 Å². The zero-order valence-electron chi connectivity index (χ0n) is 18.6. The second-order valence-electron chi connectivity index (χ2n) is 8.68. The molecule has 6 heteroatoms. The summed E-state index contributed by atoms with van der Waals surface area (Å²) in [5.74, 6) is 2.27. The Labute approximate surface area is 185 Å². The summed E-state index contributed by atoms with van der Waals surface area (Å²) in [6.45, 7) is 5.80. The minimum Gasteiger partial charge on any atom is -0.497 e. The molecule has 1 aromatic carbocycles. The second kappa shape index (κ2) is 10.6. The minimum absolute atomic E-state index is 0.131. The van der Waals surface area contributed by atoms with Crippen molar-refractivity contribution in [1.82, 2.24) is 9.88 Å². The first-order valence-corrected chi connectivity index (χ1v) is 11.6. The van der Waals surface area contributed by atoms with Gasteiger partial charge in [-0.2, -0.15) is 0 Å². The normalized spacial score (nSPS) is 18.0. The number of carbonyl (C=O) groups excluding carboxylic acids is 1. The van der Waals surface area contributed by atoms with E-state index < -0.39 is 0 Å². The number of hydrogen-bond acceptors (Lipinski definition) is 5. The maximum atomic E-state index is 12.7. The van der Waals surface area contributed by atoms with Crippen molar-refractivity contribution in [3.63, 3.8) is 0 Å². The van der Waals surface area contributed by atoms with Gasteiger partial charge in [-0.15, -0.1) is 0 Å². The Morgan fingerprint density at radius 2 is 1.81 bits per heavy atom. The summed E-state index contributed by atoms with van der Waals surface area (Å²) in [5.41, 5.74) is 1.38. The van der Waals surface area contributed by atoms with Crippen molar-refractivity contribution >= 4 is 17.4 Å². The highest BCUT2D eigenvalue weighted by Gasteiger charge is 2.23. The lowest BCUT2D eigenvalue weighted by atomic mass is 9.93. The van der Waals surface area contributed by atoms with Crippen molar-refractivity contribution in [2.45, 2.75) is 38.5 Å². The van der Waals surface area contributed by atoms with Crippen LogP contribution in [-0.4, -0.2) is 55.6 Å². The fourth-order valence-corrected chi connectivity index (χ4v) is 4.67. The van der Waals surface area contributed by atoms with E-state index in [9.17, 15) is 4.79 Å². The van der Waals surface area contributed by atoms with Crippen molar-refractivity contribution < 1.29 is 9.53 Å². The van der Waals surface area contributed by atoms with Gasteiger partial charge in [0.25, 0.3) is 5.91 Å². The molecule has 166 valence electrons. The quantitative estimate of drug-likeness (QED) is 0.715. The van der Waals surface area contributed by atoms with Crippen LogP contribution in [0.2, 0.25) is 0 Å². The maximum absolute atomic E-state index is 12.7. The number of piperidine rings is 2. The van der Waals surface area contributed by atoms with Gasteiger partial charge in [-0.1, -0.05) is 6.42 Å². The van der Waals surface area contributed by atoms with Gasteiger partial charge in [-0.25, -0.2) is 4.98 Å². The predicted octanol–water partition coefficient (Wildman–Crippen LogP) is 4.43. The number of nitrogens with zero attached hydrogens (tertiary/aromatic N) is 3. The highest BCUT2D eigenvalue weighted by molar-refractivity contribution is 6.05. The molecule has 0 aliphatic carbocycles. The van der Waals surface area contributed by atoms with Crippen molar-refractivity contribution in [3.8, 4) is 5.75 Å². The number of carbonyl (C=O) groups is 1. The molecule has 3 heterocycles. The Kier molecular flexibility index (Phi) is 7.41. The molecule has 4 rings (SSSR count). The first kappa shape index (κ1) is 21.6. The number of benzene rings is 1. The molecular formula is C25H34N4O2. The van der Waals surface area contributed by atoms with Crippen LogP contribution in [0.4, 0.5) is 11.5 Å². The number of amides is 1. The van der Waals surface area contributed by atoms with Gasteiger partial charge >= 0.3 is 0 Å². The van der Waals surface area contributed by atoms with E-state index in [0.717, 1.165) is 36.3 Å². The molecular weight excluding hydrogens is 388 g/mol. The molecule has 1 N–H and O–H groups in total. The topological polar surface area (TPSA) is 57.7 Å². The molecule has 0 unspecified atom stereocenters. The van der Waals surface area contributed by atoms with Gasteiger partial charge in [-0.3, -0.25) is 4.79 Å². The lowest BCUT2D eigenvalue weighted by molar-refractivity contribution is 0.102. The molecule has 2 aliphatic rings. The van der Waals surface area contributed by atoms with Gasteiger partial charge in [0.15, 0.2) is 5.82 Å². The van der Waals surface area contributed by atoms with E-state index in [-0.39, 0.29) is 5.91 Å². The molecule has 0 spiro atoms. The standard InChI is InChI=1S/C25H34N4O2/c1-31-22-9-7-21(8-10-22)25(30)27-23-6-5-14-26-24(23)29-18-12-20(13-19-29)11-17-28-15-3-2-4-16-28/h5-10,14,20H,2-4,11-13,15-19H2,1H3,(H,27,30). The van der Waals surface area contributed by atoms with Crippen LogP contribution in [0, 0.1) is 5.92 Å². The molecule has 0 bridgehead atoms. The van der Waals surface area contributed by atoms with Gasteiger partial charge < -0.3 is 19.9 Å². The third kappa shape index (κ3) is 5.76. The minimum atomic E-state index is -0.131. The van der Waals surface area contributed by atoms with Gasteiger partial charge in [0.05, 0.1) is 12.8 Å². The van der Waals surface area contributed by atoms with E-state index in [2.05, 4.69) is 20.1 Å². The molecule has 2 aliphatic heterocycles. The van der Waals surface area contributed by atoms with Gasteiger partial charge in [0.2, 0.25) is 0 Å². The monoisotopic (exact) mass is 422 g/mol. The lowest BCUT2D eigenvalue weighted by Crippen LogP contribution is -2.37. The van der Waals surface area contributed by atoms with Crippen molar-refractivity contribution in [2.24, 2.45) is 5.92 Å². The van der Waals surface area contributed by atoms with Crippen LogP contribution in [0.15, 0.2) is 42.6 Å². The Hall–Kier alpha value is -2.60. The van der Waals surface area contributed by atoms with E-state index in [0.29, 0.717) is 5.56 Å². The largest absolute Gasteiger partial charge is 0.497 e. The molecule has 2 saturated heterocycles. The first-order chi connectivity index (χ1) is 15.2. The number of ether oxygens (including phenoxy) is 1. The number of rotatable bonds is 7. The molecule has 1 amide bonds. The lowest BCUT2D eigenvalue weighted by Gasteiger charge is -2.35. The number of nitrogens with one attached hydrogen (secondary N) is 1. The zero-order valence-corrected chi connectivity index (χ0v) is 18.6. The van der Waals surface area contributed by atoms with Crippen LogP contribution in [0.25, 0.3) is 0 Å². The van der Waals surface area contributed by atoms with E-state index in [1.54, 1.807) is 37.6 Å². The summed E-state index contributed by atoms with van der Waals surface area (Å²) in [4.78, 5) is 22.3. The highest BCUT2D eigenvalue weighted by atomic mass is 16.5. The third-order valence-electron chi connectivity index (χ3n) is 6.60. The van der Waals surface area contributed by atoms with Crippen LogP contribution in [0.5, 0.6) is 5.75 Å². The van der Waals surface area contributed by atoms with E-state index in [1.807, 2.05) is 12.1 Å². The number of hydrogen-bond donors (Lipinski definition) is 1. The molecule has 0 atom stereocenters. The Balaban J connectivity index is 1.32. The molecule has 0 radical (unpaired) electrons. The number of aromatic nitrogens is 1. The van der Waals surface area contributed by atoms with E-state index >= 15 is 0 Å². The summed E-state index contributed by atoms with van der Waals surface area (Å²) in [7, 11) is 1.62. The molecule has 6 nitrogen and oxygen atoms in total. The zero-order chi connectivity index (χ0) is 21.5. The maximum Gasteiger partial charge on any atom is 0.255 e. The fraction of sp³-hybridized carbons (Fsp3) is 0.520. The van der Waals surface area contributed by atoms with Gasteiger partial charge in [0, 0.05) is 24.8 Å². The molecule has 0 saturated carbocycles. The van der Waals surface area contributed by atoms with Gasteiger partial charge in [-0.05, 0) is 94.1 Å². The molecule has 31 heavy (non-hydrogen) atoms. The van der Waals surface area contributed by atoms with E-state index in [1.165, 1.54) is 58.2 Å². The summed E-state index contributed by atoms with van der Waals surface area (Å²) < 4.78 is 5.17. The van der Waals surface area contributed by atoms with Crippen LogP contribution < -0.4 is 15.0 Å². The number of likely N-dealkylation sites (tertiary alicyclic amines) is 1. The summed E-state index contributed by atoms with van der Waals surface area (Å²) in [6, 6.07) is 11.0. The molecule has 2 fully saturated rings. The Bertz CT molecular complexity index is 841. The number of pyridine rings is 1.